The number of carbonyl (C=O) groups is 1. The third-order valence-electron chi connectivity index (χ3n) is 3.36. The molecule has 0 spiro atoms. The highest BCUT2D eigenvalue weighted by Crippen LogP contribution is 2.18. The van der Waals surface area contributed by atoms with Gasteiger partial charge in [0.2, 0.25) is 15.9 Å². The fourth-order valence-electron chi connectivity index (χ4n) is 2.28. The molecule has 0 saturated carbocycles. The highest BCUT2D eigenvalue weighted by Gasteiger charge is 2.28. The first-order valence-electron chi connectivity index (χ1n) is 6.67. The third kappa shape index (κ3) is 3.51. The molecule has 1 aromatic carbocycles. The van der Waals surface area contributed by atoms with Crippen LogP contribution in [0.4, 0.5) is 10.1 Å². The van der Waals surface area contributed by atoms with Crippen molar-refractivity contribution in [2.75, 3.05) is 18.8 Å². The molecule has 3 N–H and O–H groups in total. The minimum Gasteiger partial charge on any atom is -0.399 e. The Hall–Kier alpha value is -1.67. The normalized spacial score (nSPS) is 17.0. The second-order valence-electron chi connectivity index (χ2n) is 5.07. The van der Waals surface area contributed by atoms with Crippen LogP contribution >= 0.6 is 0 Å². The number of hydrogen-bond acceptors (Lipinski definition) is 4. The Bertz CT molecular complexity index is 642. The van der Waals surface area contributed by atoms with Gasteiger partial charge in [0.15, 0.2) is 0 Å². The topological polar surface area (TPSA) is 92.5 Å². The molecule has 1 atom stereocenters. The van der Waals surface area contributed by atoms with E-state index in [0.717, 1.165) is 25.0 Å². The van der Waals surface area contributed by atoms with Crippen LogP contribution in [0.5, 0.6) is 0 Å². The van der Waals surface area contributed by atoms with Crippen LogP contribution in [0.3, 0.4) is 0 Å². The standard InChI is InChI=1S/C13H18FN3O3S/c1-9(13(18)17-6-2-3-7-17)16-21(19,20)12-8-10(15)4-5-11(12)14/h4-5,8-9,16H,2-3,6-7,15H2,1H3. The summed E-state index contributed by atoms with van der Waals surface area (Å²) < 4.78 is 40.2. The average molecular weight is 315 g/mol. The molecule has 8 heteroatoms. The van der Waals surface area contributed by atoms with Gasteiger partial charge in [-0.1, -0.05) is 0 Å². The molecule has 1 aliphatic rings. The van der Waals surface area contributed by atoms with Crippen LogP contribution in [-0.2, 0) is 14.8 Å². The van der Waals surface area contributed by atoms with Crippen LogP contribution in [0, 0.1) is 5.82 Å². The molecule has 2 rings (SSSR count). The number of rotatable bonds is 4. The first-order valence-corrected chi connectivity index (χ1v) is 8.16. The van der Waals surface area contributed by atoms with E-state index in [4.69, 9.17) is 5.73 Å². The van der Waals surface area contributed by atoms with Crippen LogP contribution < -0.4 is 10.5 Å². The molecule has 6 nitrogen and oxygen atoms in total. The number of nitrogen functional groups attached to an aromatic ring is 1. The lowest BCUT2D eigenvalue weighted by molar-refractivity contribution is -0.131. The first-order chi connectivity index (χ1) is 9.81. The quantitative estimate of drug-likeness (QED) is 0.800. The lowest BCUT2D eigenvalue weighted by Gasteiger charge is -2.21. The molecule has 1 saturated heterocycles. The number of nitrogens with two attached hydrogens (primary N) is 1. The second kappa shape index (κ2) is 5.98. The van der Waals surface area contributed by atoms with Gasteiger partial charge in [-0.3, -0.25) is 4.79 Å². The molecule has 21 heavy (non-hydrogen) atoms. The van der Waals surface area contributed by atoms with Gasteiger partial charge in [0.1, 0.15) is 10.7 Å². The smallest absolute Gasteiger partial charge is 0.244 e. The average Bonchev–Trinajstić information content (AvgIpc) is 2.94. The van der Waals surface area contributed by atoms with Gasteiger partial charge in [-0.25, -0.2) is 12.8 Å². The molecule has 1 unspecified atom stereocenters. The van der Waals surface area contributed by atoms with E-state index in [0.29, 0.717) is 13.1 Å². The van der Waals surface area contributed by atoms with Gasteiger partial charge in [-0.15, -0.1) is 0 Å². The fourth-order valence-corrected chi connectivity index (χ4v) is 3.59. The van der Waals surface area contributed by atoms with Crippen LogP contribution in [0.15, 0.2) is 23.1 Å². The van der Waals surface area contributed by atoms with Gasteiger partial charge in [-0.05, 0) is 38.0 Å². The molecule has 116 valence electrons. The summed E-state index contributed by atoms with van der Waals surface area (Å²) in [7, 11) is -4.14. The summed E-state index contributed by atoms with van der Waals surface area (Å²) in [5.74, 6) is -1.21. The number of likely N-dealkylation sites (tertiary alicyclic amines) is 1. The summed E-state index contributed by atoms with van der Waals surface area (Å²) in [6.07, 6.45) is 1.82. The van der Waals surface area contributed by atoms with E-state index in [2.05, 4.69) is 4.72 Å². The number of anilines is 1. The number of nitrogens with zero attached hydrogens (tertiary/aromatic N) is 1. The maximum Gasteiger partial charge on any atom is 0.244 e. The zero-order valence-electron chi connectivity index (χ0n) is 11.7. The molecule has 0 aromatic heterocycles. The van der Waals surface area contributed by atoms with Gasteiger partial charge >= 0.3 is 0 Å². The van der Waals surface area contributed by atoms with Crippen LogP contribution in [0.1, 0.15) is 19.8 Å². The molecule has 0 bridgehead atoms. The van der Waals surface area contributed by atoms with E-state index >= 15 is 0 Å². The van der Waals surface area contributed by atoms with E-state index in [-0.39, 0.29) is 11.6 Å². The van der Waals surface area contributed by atoms with E-state index < -0.39 is 26.8 Å². The second-order valence-corrected chi connectivity index (χ2v) is 6.75. The summed E-state index contributed by atoms with van der Waals surface area (Å²) in [4.78, 5) is 13.1. The van der Waals surface area contributed by atoms with E-state index in [9.17, 15) is 17.6 Å². The Labute approximate surface area is 123 Å². The predicted molar refractivity (Wildman–Crippen MR) is 76.4 cm³/mol. The summed E-state index contributed by atoms with van der Waals surface area (Å²) in [6.45, 7) is 2.69. The van der Waals surface area contributed by atoms with Gasteiger partial charge < -0.3 is 10.6 Å². The predicted octanol–water partition coefficient (Wildman–Crippen LogP) is 0.697. The maximum absolute atomic E-state index is 13.6. The van der Waals surface area contributed by atoms with Crippen LogP contribution in [-0.4, -0.2) is 38.4 Å². The van der Waals surface area contributed by atoms with Crippen molar-refractivity contribution in [3.63, 3.8) is 0 Å². The Morgan fingerprint density at radius 3 is 2.62 bits per heavy atom. The molecular weight excluding hydrogens is 297 g/mol. The van der Waals surface area contributed by atoms with Gasteiger partial charge in [-0.2, -0.15) is 4.72 Å². The highest BCUT2D eigenvalue weighted by molar-refractivity contribution is 7.89. The van der Waals surface area contributed by atoms with Crippen molar-refractivity contribution in [2.45, 2.75) is 30.7 Å². The van der Waals surface area contributed by atoms with Crippen molar-refractivity contribution in [3.8, 4) is 0 Å². The van der Waals surface area contributed by atoms with E-state index in [1.54, 1.807) is 4.90 Å². The zero-order chi connectivity index (χ0) is 15.6. The first kappa shape index (κ1) is 15.7. The van der Waals surface area contributed by atoms with Crippen molar-refractivity contribution in [3.05, 3.63) is 24.0 Å². The lowest BCUT2D eigenvalue weighted by Crippen LogP contribution is -2.46. The van der Waals surface area contributed by atoms with Crippen molar-refractivity contribution in [1.29, 1.82) is 0 Å². The number of amides is 1. The monoisotopic (exact) mass is 315 g/mol. The number of benzene rings is 1. The van der Waals surface area contributed by atoms with Gasteiger partial charge in [0.05, 0.1) is 6.04 Å². The Morgan fingerprint density at radius 2 is 2.00 bits per heavy atom. The largest absolute Gasteiger partial charge is 0.399 e. The summed E-state index contributed by atoms with van der Waals surface area (Å²) >= 11 is 0. The minimum atomic E-state index is -4.14. The number of carbonyl (C=O) groups excluding carboxylic acids is 1. The number of hydrogen-bond donors (Lipinski definition) is 2. The molecule has 0 aliphatic carbocycles. The zero-order valence-corrected chi connectivity index (χ0v) is 12.5. The molecule has 1 aromatic rings. The number of sulfonamides is 1. The maximum atomic E-state index is 13.6. The van der Waals surface area contributed by atoms with Crippen LogP contribution in [0.2, 0.25) is 0 Å². The summed E-state index contributed by atoms with van der Waals surface area (Å²) in [5, 5.41) is 0. The third-order valence-corrected chi connectivity index (χ3v) is 4.92. The van der Waals surface area contributed by atoms with E-state index in [1.165, 1.54) is 13.0 Å². The summed E-state index contributed by atoms with van der Waals surface area (Å²) in [5.41, 5.74) is 5.61. The fraction of sp³-hybridized carbons (Fsp3) is 0.462. The lowest BCUT2D eigenvalue weighted by atomic mass is 10.3. The van der Waals surface area contributed by atoms with Crippen LogP contribution in [0.25, 0.3) is 0 Å². The highest BCUT2D eigenvalue weighted by atomic mass is 32.2. The number of halogens is 1. The number of nitrogens with one attached hydrogen (secondary N) is 1. The van der Waals surface area contributed by atoms with Crippen molar-refractivity contribution in [2.24, 2.45) is 0 Å². The molecule has 1 heterocycles. The SMILES string of the molecule is CC(NS(=O)(=O)c1cc(N)ccc1F)C(=O)N1CCCC1. The van der Waals surface area contributed by atoms with Gasteiger partial charge in [0.25, 0.3) is 0 Å². The van der Waals surface area contributed by atoms with Crippen molar-refractivity contribution >= 4 is 21.6 Å². The Balaban J connectivity index is 2.16. The molecule has 1 amide bonds. The molecular formula is C13H18FN3O3S. The molecule has 0 radical (unpaired) electrons. The van der Waals surface area contributed by atoms with Crippen molar-refractivity contribution < 1.29 is 17.6 Å². The molecule has 1 fully saturated rings. The minimum absolute atomic E-state index is 0.135. The Kier molecular flexibility index (Phi) is 4.48. The van der Waals surface area contributed by atoms with Gasteiger partial charge in [0, 0.05) is 18.8 Å². The summed E-state index contributed by atoms with van der Waals surface area (Å²) in [6, 6.07) is 2.34. The van der Waals surface area contributed by atoms with Crippen molar-refractivity contribution in [1.82, 2.24) is 9.62 Å². The molecule has 1 aliphatic heterocycles. The van der Waals surface area contributed by atoms with E-state index in [1.807, 2.05) is 0 Å². The Morgan fingerprint density at radius 1 is 1.38 bits per heavy atom.